The van der Waals surface area contributed by atoms with Crippen LogP contribution in [0.15, 0.2) is 0 Å². The van der Waals surface area contributed by atoms with E-state index in [0.29, 0.717) is 24.3 Å². The number of rotatable bonds is 2. The third-order valence-corrected chi connectivity index (χ3v) is 12.8. The van der Waals surface area contributed by atoms with Crippen molar-refractivity contribution in [2.24, 2.45) is 52.3 Å². The third kappa shape index (κ3) is 3.00. The highest BCUT2D eigenvalue weighted by Crippen LogP contribution is 2.66. The number of nitrogens with one attached hydrogen (secondary N) is 2. The van der Waals surface area contributed by atoms with Crippen LogP contribution in [0.25, 0.3) is 0 Å². The summed E-state index contributed by atoms with van der Waals surface area (Å²) in [5.74, 6) is 5.70. The van der Waals surface area contributed by atoms with Crippen LogP contribution in [0.3, 0.4) is 0 Å². The maximum absolute atomic E-state index is 13.9. The lowest BCUT2D eigenvalue weighted by molar-refractivity contribution is -0.144. The van der Waals surface area contributed by atoms with E-state index in [1.807, 2.05) is 0 Å². The highest BCUT2D eigenvalue weighted by molar-refractivity contribution is 5.81. The van der Waals surface area contributed by atoms with Crippen LogP contribution >= 0.6 is 0 Å². The number of fused-ring (bicyclic) bond motifs is 5. The van der Waals surface area contributed by atoms with Gasteiger partial charge in [0.2, 0.25) is 11.8 Å². The van der Waals surface area contributed by atoms with E-state index in [1.165, 1.54) is 64.2 Å². The van der Waals surface area contributed by atoms with Crippen LogP contribution in [0.1, 0.15) is 104 Å². The monoisotopic (exact) mass is 452 g/mol. The third-order valence-electron chi connectivity index (χ3n) is 12.8. The van der Waals surface area contributed by atoms with Gasteiger partial charge in [0.15, 0.2) is 0 Å². The summed E-state index contributed by atoms with van der Waals surface area (Å²) in [5, 5.41) is 7.13. The number of hydrogen-bond acceptors (Lipinski definition) is 2. The molecule has 7 aliphatic carbocycles. The van der Waals surface area contributed by atoms with E-state index >= 15 is 0 Å². The summed E-state index contributed by atoms with van der Waals surface area (Å²) < 4.78 is 0. The van der Waals surface area contributed by atoms with Crippen molar-refractivity contribution in [1.29, 1.82) is 0 Å². The summed E-state index contributed by atoms with van der Waals surface area (Å²) in [6, 6.07) is 0.376. The predicted molar refractivity (Wildman–Crippen MR) is 128 cm³/mol. The van der Waals surface area contributed by atoms with Gasteiger partial charge >= 0.3 is 0 Å². The largest absolute Gasteiger partial charge is 0.353 e. The zero-order valence-corrected chi connectivity index (χ0v) is 20.8. The minimum atomic E-state index is 0.142. The molecule has 0 radical (unpaired) electrons. The molecule has 4 heteroatoms. The van der Waals surface area contributed by atoms with Crippen LogP contribution in [0.5, 0.6) is 0 Å². The summed E-state index contributed by atoms with van der Waals surface area (Å²) in [5.41, 5.74) is 0.579. The van der Waals surface area contributed by atoms with Gasteiger partial charge in [0.25, 0.3) is 0 Å². The number of piperidine rings is 1. The van der Waals surface area contributed by atoms with Gasteiger partial charge in [0.05, 0.1) is 0 Å². The first-order chi connectivity index (χ1) is 15.8. The second-order valence-corrected chi connectivity index (χ2v) is 14.4. The lowest BCUT2D eigenvalue weighted by Gasteiger charge is -2.60. The molecule has 1 aliphatic heterocycles. The van der Waals surface area contributed by atoms with E-state index in [1.54, 1.807) is 0 Å². The molecule has 2 amide bonds. The van der Waals surface area contributed by atoms with E-state index in [9.17, 15) is 9.59 Å². The predicted octanol–water partition coefficient (Wildman–Crippen LogP) is 5.21. The van der Waals surface area contributed by atoms with E-state index < -0.39 is 0 Å². The molecule has 1 saturated heterocycles. The molecule has 8 aliphatic rings. The van der Waals surface area contributed by atoms with Gasteiger partial charge in [-0.15, -0.1) is 0 Å². The smallest absolute Gasteiger partial charge is 0.224 e. The highest BCUT2D eigenvalue weighted by atomic mass is 16.2. The Labute approximate surface area is 199 Å². The molecule has 7 atom stereocenters. The molecule has 8 rings (SSSR count). The molecule has 33 heavy (non-hydrogen) atoms. The van der Waals surface area contributed by atoms with Gasteiger partial charge in [0.1, 0.15) is 0 Å². The first kappa shape index (κ1) is 21.2. The SMILES string of the molecule is C[C@]12CCC(=O)NC1CC[C@@H]1[C@H]2CC[C@]2(C)C(C(=O)NC34CC5CC(CC(C5)C3)C4)CC[C@@H]12. The van der Waals surface area contributed by atoms with Crippen molar-refractivity contribution in [2.45, 2.75) is 115 Å². The highest BCUT2D eigenvalue weighted by Gasteiger charge is 2.62. The van der Waals surface area contributed by atoms with Crippen molar-refractivity contribution in [3.8, 4) is 0 Å². The van der Waals surface area contributed by atoms with Gasteiger partial charge in [-0.1, -0.05) is 13.8 Å². The number of amides is 2. The molecule has 4 bridgehead atoms. The van der Waals surface area contributed by atoms with Gasteiger partial charge in [-0.25, -0.2) is 0 Å². The Morgan fingerprint density at radius 1 is 0.848 bits per heavy atom. The second kappa shape index (κ2) is 7.00. The molecule has 0 spiro atoms. The first-order valence-electron chi connectivity index (χ1n) is 14.4. The van der Waals surface area contributed by atoms with Crippen LogP contribution < -0.4 is 10.6 Å². The van der Waals surface area contributed by atoms with Crippen molar-refractivity contribution in [3.05, 3.63) is 0 Å². The van der Waals surface area contributed by atoms with Gasteiger partial charge in [-0.05, 0) is 130 Å². The van der Waals surface area contributed by atoms with Gasteiger partial charge in [-0.3, -0.25) is 9.59 Å². The van der Waals surface area contributed by atoms with Crippen molar-refractivity contribution >= 4 is 11.8 Å². The molecular formula is C29H44N2O2. The van der Waals surface area contributed by atoms with Crippen LogP contribution in [0.2, 0.25) is 0 Å². The topological polar surface area (TPSA) is 58.2 Å². The minimum absolute atomic E-state index is 0.142. The van der Waals surface area contributed by atoms with Crippen LogP contribution in [-0.2, 0) is 9.59 Å². The molecule has 182 valence electrons. The van der Waals surface area contributed by atoms with Crippen LogP contribution in [0, 0.1) is 52.3 Å². The standard InChI is InChI=1S/C29H44N2O2/c1-27-9-7-22-20(3-6-24-28(22,2)10-8-25(32)30-24)21(27)4-5-23(27)26(33)31-29-14-17-11-18(15-29)13-19(12-17)16-29/h17-24H,3-16H2,1-2H3,(H,30,32)(H,31,33)/t17?,18?,19?,20-,21-,22+,23?,24?,27-,28+,29?/m0/s1. The summed E-state index contributed by atoms with van der Waals surface area (Å²) in [4.78, 5) is 26.0. The molecule has 1 heterocycles. The lowest BCUT2D eigenvalue weighted by Crippen LogP contribution is -2.62. The second-order valence-electron chi connectivity index (χ2n) is 14.4. The summed E-state index contributed by atoms with van der Waals surface area (Å²) in [6.45, 7) is 4.96. The van der Waals surface area contributed by atoms with Crippen molar-refractivity contribution in [3.63, 3.8) is 0 Å². The molecule has 0 aromatic heterocycles. The van der Waals surface area contributed by atoms with Crippen molar-refractivity contribution in [1.82, 2.24) is 10.6 Å². The van der Waals surface area contributed by atoms with E-state index in [2.05, 4.69) is 24.5 Å². The Balaban J connectivity index is 1.10. The fourth-order valence-corrected chi connectivity index (χ4v) is 11.7. The molecule has 8 fully saturated rings. The fraction of sp³-hybridized carbons (Fsp3) is 0.931. The van der Waals surface area contributed by atoms with Gasteiger partial charge in [0, 0.05) is 23.9 Å². The number of carbonyl (C=O) groups is 2. The molecule has 2 N–H and O–H groups in total. The maximum atomic E-state index is 13.9. The van der Waals surface area contributed by atoms with E-state index in [0.717, 1.165) is 48.9 Å². The summed E-state index contributed by atoms with van der Waals surface area (Å²) in [6.07, 6.45) is 17.0. The van der Waals surface area contributed by atoms with Crippen LogP contribution in [0.4, 0.5) is 0 Å². The van der Waals surface area contributed by atoms with Gasteiger partial charge in [-0.2, -0.15) is 0 Å². The zero-order valence-electron chi connectivity index (χ0n) is 20.8. The summed E-state index contributed by atoms with van der Waals surface area (Å²) >= 11 is 0. The quantitative estimate of drug-likeness (QED) is 0.604. The Morgan fingerprint density at radius 2 is 1.52 bits per heavy atom. The fourth-order valence-electron chi connectivity index (χ4n) is 11.7. The average Bonchev–Trinajstić information content (AvgIpc) is 3.10. The first-order valence-corrected chi connectivity index (χ1v) is 14.4. The molecule has 4 nitrogen and oxygen atoms in total. The Kier molecular flexibility index (Phi) is 4.51. The maximum Gasteiger partial charge on any atom is 0.224 e. The van der Waals surface area contributed by atoms with E-state index in [4.69, 9.17) is 0 Å². The molecule has 0 aromatic rings. The van der Waals surface area contributed by atoms with Crippen LogP contribution in [-0.4, -0.2) is 23.4 Å². The van der Waals surface area contributed by atoms with Crippen molar-refractivity contribution in [2.75, 3.05) is 0 Å². The minimum Gasteiger partial charge on any atom is -0.353 e. The Bertz CT molecular complexity index is 832. The van der Waals surface area contributed by atoms with Crippen molar-refractivity contribution < 1.29 is 9.59 Å². The van der Waals surface area contributed by atoms with Gasteiger partial charge < -0.3 is 10.6 Å². The Morgan fingerprint density at radius 3 is 2.21 bits per heavy atom. The van der Waals surface area contributed by atoms with E-state index in [-0.39, 0.29) is 28.2 Å². The average molecular weight is 453 g/mol. The number of hydrogen-bond donors (Lipinski definition) is 2. The zero-order chi connectivity index (χ0) is 22.6. The molecular weight excluding hydrogens is 408 g/mol. The molecule has 2 unspecified atom stereocenters. The normalized spacial score (nSPS) is 56.5. The lowest BCUT2D eigenvalue weighted by atomic mass is 9.47. The Hall–Kier alpha value is -1.06. The number of carbonyl (C=O) groups excluding carboxylic acids is 2. The summed E-state index contributed by atoms with van der Waals surface area (Å²) in [7, 11) is 0. The molecule has 0 aromatic carbocycles. The molecule has 7 saturated carbocycles.